The van der Waals surface area contributed by atoms with Crippen LogP contribution < -0.4 is 9.64 Å². The highest BCUT2D eigenvalue weighted by atomic mass is 19.1. The summed E-state index contributed by atoms with van der Waals surface area (Å²) in [5.41, 5.74) is 0.687. The van der Waals surface area contributed by atoms with Crippen LogP contribution in [0.5, 0.6) is 5.88 Å². The Morgan fingerprint density at radius 3 is 2.66 bits per heavy atom. The number of aliphatic carboxylic acids is 1. The number of hydrogen-bond acceptors (Lipinski definition) is 4. The van der Waals surface area contributed by atoms with Gasteiger partial charge in [-0.05, 0) is 49.3 Å². The number of anilines is 1. The first-order chi connectivity index (χ1) is 13.9. The molecule has 2 heterocycles. The fraction of sp³-hybridized carbons (Fsp3) is 0.455. The van der Waals surface area contributed by atoms with Crippen LogP contribution in [0.15, 0.2) is 30.3 Å². The molecule has 2 fully saturated rings. The second-order valence-corrected chi connectivity index (χ2v) is 8.03. The number of pyridine rings is 1. The van der Waals surface area contributed by atoms with Crippen LogP contribution in [0.2, 0.25) is 0 Å². The van der Waals surface area contributed by atoms with Gasteiger partial charge < -0.3 is 14.7 Å². The topological polar surface area (TPSA) is 62.7 Å². The van der Waals surface area contributed by atoms with Crippen LogP contribution in [0.3, 0.4) is 0 Å². The predicted molar refractivity (Wildman–Crippen MR) is 105 cm³/mol. The molecule has 29 heavy (non-hydrogen) atoms. The lowest BCUT2D eigenvalue weighted by molar-refractivity contribution is -0.142. The van der Waals surface area contributed by atoms with Crippen LogP contribution in [0.1, 0.15) is 26.2 Å². The van der Waals surface area contributed by atoms with Gasteiger partial charge in [0.25, 0.3) is 0 Å². The molecule has 0 amide bonds. The summed E-state index contributed by atoms with van der Waals surface area (Å²) in [6.45, 7) is 3.00. The molecular formula is C22H24F2N2O3. The van der Waals surface area contributed by atoms with E-state index in [4.69, 9.17) is 4.74 Å². The van der Waals surface area contributed by atoms with Crippen LogP contribution in [0, 0.1) is 29.4 Å². The number of rotatable bonds is 7. The third kappa shape index (κ3) is 4.33. The predicted octanol–water partition coefficient (Wildman–Crippen LogP) is 4.36. The lowest BCUT2D eigenvalue weighted by Crippen LogP contribution is -2.26. The molecule has 1 saturated heterocycles. The SMILES string of the molecule is CC(C(=O)O)C1CCN(c2c(F)cc(-c3cccc(OCC4CC4)n3)cc2F)C1. The van der Waals surface area contributed by atoms with Crippen LogP contribution >= 0.6 is 0 Å². The van der Waals surface area contributed by atoms with Crippen molar-refractivity contribution in [3.8, 4) is 17.1 Å². The van der Waals surface area contributed by atoms with Crippen molar-refractivity contribution in [2.24, 2.45) is 17.8 Å². The van der Waals surface area contributed by atoms with E-state index in [0.29, 0.717) is 49.2 Å². The number of aromatic nitrogens is 1. The Morgan fingerprint density at radius 2 is 2.00 bits per heavy atom. The van der Waals surface area contributed by atoms with E-state index in [2.05, 4.69) is 4.98 Å². The zero-order chi connectivity index (χ0) is 20.5. The minimum atomic E-state index is -0.886. The summed E-state index contributed by atoms with van der Waals surface area (Å²) in [6, 6.07) is 7.74. The van der Waals surface area contributed by atoms with Gasteiger partial charge in [-0.15, -0.1) is 0 Å². The molecule has 0 spiro atoms. The van der Waals surface area contributed by atoms with Gasteiger partial charge in [0.1, 0.15) is 17.3 Å². The molecule has 1 saturated carbocycles. The number of halogens is 2. The number of hydrogen-bond donors (Lipinski definition) is 1. The summed E-state index contributed by atoms with van der Waals surface area (Å²) in [4.78, 5) is 17.2. The Morgan fingerprint density at radius 1 is 1.28 bits per heavy atom. The highest BCUT2D eigenvalue weighted by Crippen LogP contribution is 2.35. The van der Waals surface area contributed by atoms with Crippen molar-refractivity contribution < 1.29 is 23.4 Å². The highest BCUT2D eigenvalue weighted by Gasteiger charge is 2.33. The quantitative estimate of drug-likeness (QED) is 0.746. The third-order valence-corrected chi connectivity index (χ3v) is 5.84. The first kappa shape index (κ1) is 19.6. The van der Waals surface area contributed by atoms with Gasteiger partial charge in [-0.1, -0.05) is 13.0 Å². The molecule has 1 aliphatic carbocycles. The molecule has 2 aromatic rings. The number of ether oxygens (including phenoxy) is 1. The monoisotopic (exact) mass is 402 g/mol. The summed E-state index contributed by atoms with van der Waals surface area (Å²) < 4.78 is 35.3. The molecule has 0 bridgehead atoms. The van der Waals surface area contributed by atoms with E-state index < -0.39 is 23.5 Å². The fourth-order valence-corrected chi connectivity index (χ4v) is 3.76. The molecule has 1 aromatic carbocycles. The van der Waals surface area contributed by atoms with Crippen LogP contribution in [0.25, 0.3) is 11.3 Å². The molecule has 4 rings (SSSR count). The smallest absolute Gasteiger partial charge is 0.306 e. The second-order valence-electron chi connectivity index (χ2n) is 8.03. The first-order valence-corrected chi connectivity index (χ1v) is 9.99. The number of carboxylic acids is 1. The van der Waals surface area contributed by atoms with Gasteiger partial charge in [0.05, 0.1) is 18.2 Å². The molecular weight excluding hydrogens is 378 g/mol. The number of carboxylic acid groups (broad SMARTS) is 1. The summed E-state index contributed by atoms with van der Waals surface area (Å²) in [5, 5.41) is 9.18. The maximum Gasteiger partial charge on any atom is 0.306 e. The van der Waals surface area contributed by atoms with Crippen molar-refractivity contribution in [3.63, 3.8) is 0 Å². The Labute approximate surface area is 168 Å². The minimum absolute atomic E-state index is 0.102. The minimum Gasteiger partial charge on any atom is -0.481 e. The molecule has 5 nitrogen and oxygen atoms in total. The summed E-state index contributed by atoms with van der Waals surface area (Å²) in [6.07, 6.45) is 2.93. The molecule has 154 valence electrons. The zero-order valence-electron chi connectivity index (χ0n) is 16.3. The largest absolute Gasteiger partial charge is 0.481 e. The van der Waals surface area contributed by atoms with Crippen LogP contribution in [0.4, 0.5) is 14.5 Å². The average Bonchev–Trinajstić information content (AvgIpc) is 3.41. The maximum absolute atomic E-state index is 14.8. The van der Waals surface area contributed by atoms with E-state index in [1.807, 2.05) is 0 Å². The Hall–Kier alpha value is -2.70. The van der Waals surface area contributed by atoms with E-state index in [0.717, 1.165) is 0 Å². The standard InChI is InChI=1S/C22H24F2N2O3/c1-13(22(27)28)15-7-8-26(11-15)21-17(23)9-16(10-18(21)24)19-3-2-4-20(25-19)29-12-14-5-6-14/h2-4,9-10,13-15H,5-8,11-12H2,1H3,(H,27,28). The molecule has 2 unspecified atom stereocenters. The van der Waals surface area contributed by atoms with Crippen molar-refractivity contribution in [2.45, 2.75) is 26.2 Å². The van der Waals surface area contributed by atoms with E-state index in [-0.39, 0.29) is 11.6 Å². The van der Waals surface area contributed by atoms with Gasteiger partial charge in [0.2, 0.25) is 5.88 Å². The third-order valence-electron chi connectivity index (χ3n) is 5.84. The van der Waals surface area contributed by atoms with Crippen molar-refractivity contribution in [1.29, 1.82) is 0 Å². The number of nitrogens with zero attached hydrogens (tertiary/aromatic N) is 2. The van der Waals surface area contributed by atoms with Gasteiger partial charge in [0.15, 0.2) is 0 Å². The van der Waals surface area contributed by atoms with Crippen LogP contribution in [-0.4, -0.2) is 35.8 Å². The molecule has 0 radical (unpaired) electrons. The van der Waals surface area contributed by atoms with E-state index in [1.54, 1.807) is 30.0 Å². The lowest BCUT2D eigenvalue weighted by Gasteiger charge is -2.21. The molecule has 7 heteroatoms. The van der Waals surface area contributed by atoms with Crippen molar-refractivity contribution in [2.75, 3.05) is 24.6 Å². The van der Waals surface area contributed by atoms with Gasteiger partial charge in [-0.3, -0.25) is 4.79 Å². The molecule has 1 N–H and O–H groups in total. The summed E-state index contributed by atoms with van der Waals surface area (Å²) in [5.74, 6) is -1.87. The number of carbonyl (C=O) groups is 1. The Balaban J connectivity index is 1.53. The Kier molecular flexibility index (Phi) is 5.39. The normalized spacial score (nSPS) is 20.0. The van der Waals surface area contributed by atoms with E-state index in [9.17, 15) is 18.7 Å². The number of benzene rings is 1. The maximum atomic E-state index is 14.8. The van der Waals surface area contributed by atoms with Gasteiger partial charge >= 0.3 is 5.97 Å². The molecule has 1 aliphatic heterocycles. The lowest BCUT2D eigenvalue weighted by atomic mass is 9.94. The average molecular weight is 402 g/mol. The highest BCUT2D eigenvalue weighted by molar-refractivity contribution is 5.70. The Bertz CT molecular complexity index is 894. The van der Waals surface area contributed by atoms with E-state index in [1.165, 1.54) is 25.0 Å². The summed E-state index contributed by atoms with van der Waals surface area (Å²) in [7, 11) is 0. The van der Waals surface area contributed by atoms with Gasteiger partial charge in [0, 0.05) is 24.7 Å². The van der Waals surface area contributed by atoms with Crippen molar-refractivity contribution in [1.82, 2.24) is 4.98 Å². The van der Waals surface area contributed by atoms with Gasteiger partial charge in [-0.2, -0.15) is 0 Å². The van der Waals surface area contributed by atoms with Crippen LogP contribution in [-0.2, 0) is 4.79 Å². The molecule has 2 atom stereocenters. The van der Waals surface area contributed by atoms with Gasteiger partial charge in [-0.25, -0.2) is 13.8 Å². The zero-order valence-corrected chi connectivity index (χ0v) is 16.3. The summed E-state index contributed by atoms with van der Waals surface area (Å²) >= 11 is 0. The second kappa shape index (κ2) is 7.97. The molecule has 1 aromatic heterocycles. The first-order valence-electron chi connectivity index (χ1n) is 9.99. The molecule has 2 aliphatic rings. The van der Waals surface area contributed by atoms with Crippen molar-refractivity contribution in [3.05, 3.63) is 42.0 Å². The van der Waals surface area contributed by atoms with Crippen molar-refractivity contribution >= 4 is 11.7 Å². The van der Waals surface area contributed by atoms with E-state index >= 15 is 0 Å². The fourth-order valence-electron chi connectivity index (χ4n) is 3.76.